The summed E-state index contributed by atoms with van der Waals surface area (Å²) in [6, 6.07) is 3.51. The van der Waals surface area contributed by atoms with Crippen molar-refractivity contribution in [2.24, 2.45) is 5.73 Å². The van der Waals surface area contributed by atoms with Gasteiger partial charge in [0.2, 0.25) is 0 Å². The fourth-order valence-corrected chi connectivity index (χ4v) is 0.980. The third-order valence-corrected chi connectivity index (χ3v) is 1.84. The Morgan fingerprint density at radius 2 is 2.15 bits per heavy atom. The maximum absolute atomic E-state index is 9.49. The molecule has 13 heavy (non-hydrogen) atoms. The second-order valence-electron chi connectivity index (χ2n) is 3.01. The number of aryl methyl sites for hydroxylation is 1. The smallest absolute Gasteiger partial charge is 0.123 e. The number of aliphatic hydroxyl groups is 2. The Morgan fingerprint density at radius 3 is 2.62 bits per heavy atom. The van der Waals surface area contributed by atoms with Crippen molar-refractivity contribution in [1.82, 2.24) is 4.98 Å². The van der Waals surface area contributed by atoms with Crippen LogP contribution in [-0.4, -0.2) is 27.8 Å². The van der Waals surface area contributed by atoms with Crippen molar-refractivity contribution >= 4 is 0 Å². The van der Waals surface area contributed by atoms with Gasteiger partial charge in [0.1, 0.15) is 6.10 Å². The highest BCUT2D eigenvalue weighted by Gasteiger charge is 2.17. The van der Waals surface area contributed by atoms with Crippen molar-refractivity contribution in [3.05, 3.63) is 29.6 Å². The van der Waals surface area contributed by atoms with E-state index in [4.69, 9.17) is 5.73 Å². The quantitative estimate of drug-likeness (QED) is 0.602. The number of pyridine rings is 1. The summed E-state index contributed by atoms with van der Waals surface area (Å²) < 4.78 is 0. The molecule has 0 amide bonds. The van der Waals surface area contributed by atoms with E-state index in [2.05, 4.69) is 4.98 Å². The maximum atomic E-state index is 9.49. The molecule has 0 radical (unpaired) electrons. The molecule has 72 valence electrons. The van der Waals surface area contributed by atoms with Gasteiger partial charge in [0.15, 0.2) is 0 Å². The lowest BCUT2D eigenvalue weighted by Gasteiger charge is -2.15. The van der Waals surface area contributed by atoms with Gasteiger partial charge in [-0.1, -0.05) is 6.07 Å². The van der Waals surface area contributed by atoms with Crippen LogP contribution in [0.1, 0.15) is 17.4 Å². The molecule has 0 aromatic carbocycles. The van der Waals surface area contributed by atoms with E-state index in [1.165, 1.54) is 0 Å². The molecule has 1 aromatic heterocycles. The first-order valence-electron chi connectivity index (χ1n) is 4.14. The Bertz CT molecular complexity index is 261. The van der Waals surface area contributed by atoms with Crippen LogP contribution in [0.25, 0.3) is 0 Å². The van der Waals surface area contributed by atoms with E-state index in [1.54, 1.807) is 12.3 Å². The van der Waals surface area contributed by atoms with Crippen LogP contribution in [0, 0.1) is 6.92 Å². The molecule has 1 aromatic rings. The molecule has 0 aliphatic carbocycles. The first-order valence-corrected chi connectivity index (χ1v) is 4.14. The normalized spacial score (nSPS) is 15.4. The number of rotatable bonds is 3. The van der Waals surface area contributed by atoms with Crippen LogP contribution in [0.4, 0.5) is 0 Å². The van der Waals surface area contributed by atoms with Gasteiger partial charge in [-0.2, -0.15) is 0 Å². The second kappa shape index (κ2) is 4.32. The van der Waals surface area contributed by atoms with Crippen molar-refractivity contribution in [2.45, 2.75) is 19.1 Å². The number of aliphatic hydroxyl groups excluding tert-OH is 2. The Balaban J connectivity index is 2.77. The molecule has 0 spiro atoms. The number of nitrogens with two attached hydrogens (primary N) is 1. The van der Waals surface area contributed by atoms with Gasteiger partial charge in [0, 0.05) is 12.7 Å². The Hall–Kier alpha value is -0.970. The van der Waals surface area contributed by atoms with E-state index in [0.717, 1.165) is 5.56 Å². The van der Waals surface area contributed by atoms with E-state index < -0.39 is 12.2 Å². The molecule has 4 N–H and O–H groups in total. The Labute approximate surface area is 77.0 Å². The molecule has 4 nitrogen and oxygen atoms in total. The largest absolute Gasteiger partial charge is 0.389 e. The minimum absolute atomic E-state index is 0.0245. The van der Waals surface area contributed by atoms with Gasteiger partial charge in [-0.15, -0.1) is 0 Å². The van der Waals surface area contributed by atoms with Gasteiger partial charge in [0.25, 0.3) is 0 Å². The second-order valence-corrected chi connectivity index (χ2v) is 3.01. The van der Waals surface area contributed by atoms with Crippen LogP contribution in [0.3, 0.4) is 0 Å². The molecule has 1 heterocycles. The average Bonchev–Trinajstić information content (AvgIpc) is 2.17. The number of aromatic nitrogens is 1. The fraction of sp³-hybridized carbons (Fsp3) is 0.444. The molecule has 4 heteroatoms. The zero-order valence-corrected chi connectivity index (χ0v) is 7.51. The summed E-state index contributed by atoms with van der Waals surface area (Å²) in [7, 11) is 0. The molecule has 0 saturated carbocycles. The summed E-state index contributed by atoms with van der Waals surface area (Å²) in [5.74, 6) is 0. The summed E-state index contributed by atoms with van der Waals surface area (Å²) in [5, 5.41) is 18.7. The van der Waals surface area contributed by atoms with Crippen LogP contribution >= 0.6 is 0 Å². The highest BCUT2D eigenvalue weighted by Crippen LogP contribution is 2.13. The molecular weight excluding hydrogens is 168 g/mol. The van der Waals surface area contributed by atoms with Crippen molar-refractivity contribution in [2.75, 3.05) is 6.54 Å². The van der Waals surface area contributed by atoms with Crippen molar-refractivity contribution in [1.29, 1.82) is 0 Å². The van der Waals surface area contributed by atoms with Gasteiger partial charge >= 0.3 is 0 Å². The predicted octanol–water partition coefficient (Wildman–Crippen LogP) is -0.257. The van der Waals surface area contributed by atoms with Gasteiger partial charge in [-0.25, -0.2) is 0 Å². The lowest BCUT2D eigenvalue weighted by Crippen LogP contribution is -2.27. The lowest BCUT2D eigenvalue weighted by atomic mass is 10.1. The van der Waals surface area contributed by atoms with Crippen molar-refractivity contribution < 1.29 is 10.2 Å². The molecule has 0 aliphatic heterocycles. The summed E-state index contributed by atoms with van der Waals surface area (Å²) >= 11 is 0. The predicted molar refractivity (Wildman–Crippen MR) is 49.0 cm³/mol. The van der Waals surface area contributed by atoms with Crippen molar-refractivity contribution in [3.63, 3.8) is 0 Å². The monoisotopic (exact) mass is 182 g/mol. The number of hydrogen-bond donors (Lipinski definition) is 3. The van der Waals surface area contributed by atoms with Crippen LogP contribution in [0.15, 0.2) is 18.3 Å². The van der Waals surface area contributed by atoms with Crippen LogP contribution < -0.4 is 5.73 Å². The molecule has 1 rings (SSSR count). The van der Waals surface area contributed by atoms with E-state index in [9.17, 15) is 10.2 Å². The molecule has 2 unspecified atom stereocenters. The third-order valence-electron chi connectivity index (χ3n) is 1.84. The van der Waals surface area contributed by atoms with Gasteiger partial charge in [-0.3, -0.25) is 4.98 Å². The number of hydrogen-bond acceptors (Lipinski definition) is 4. The SMILES string of the molecule is Cc1ccc(C(O)C(O)CN)nc1. The van der Waals surface area contributed by atoms with E-state index in [0.29, 0.717) is 5.69 Å². The first kappa shape index (κ1) is 10.1. The fourth-order valence-electron chi connectivity index (χ4n) is 0.980. The summed E-state index contributed by atoms with van der Waals surface area (Å²) in [6.07, 6.45) is -0.303. The first-order chi connectivity index (χ1) is 6.15. The Morgan fingerprint density at radius 1 is 1.46 bits per heavy atom. The molecule has 0 saturated heterocycles. The van der Waals surface area contributed by atoms with E-state index in [-0.39, 0.29) is 6.54 Å². The topological polar surface area (TPSA) is 79.4 Å². The van der Waals surface area contributed by atoms with Crippen LogP contribution in [0.2, 0.25) is 0 Å². The molecule has 2 atom stereocenters. The van der Waals surface area contributed by atoms with Crippen molar-refractivity contribution in [3.8, 4) is 0 Å². The molecule has 0 bridgehead atoms. The van der Waals surface area contributed by atoms with Gasteiger partial charge < -0.3 is 15.9 Å². The van der Waals surface area contributed by atoms with Crippen LogP contribution in [0.5, 0.6) is 0 Å². The third kappa shape index (κ3) is 2.48. The minimum atomic E-state index is -0.995. The molecule has 0 aliphatic rings. The maximum Gasteiger partial charge on any atom is 0.123 e. The molecule has 0 fully saturated rings. The lowest BCUT2D eigenvalue weighted by molar-refractivity contribution is 0.0217. The standard InChI is InChI=1S/C9H14N2O2/c1-6-2-3-7(11-5-6)9(13)8(12)4-10/h2-3,5,8-9,12-13H,4,10H2,1H3. The zero-order valence-electron chi connectivity index (χ0n) is 7.51. The van der Waals surface area contributed by atoms with E-state index >= 15 is 0 Å². The summed E-state index contributed by atoms with van der Waals surface area (Å²) in [6.45, 7) is 1.93. The highest BCUT2D eigenvalue weighted by atomic mass is 16.3. The zero-order chi connectivity index (χ0) is 9.84. The Kier molecular flexibility index (Phi) is 3.36. The van der Waals surface area contributed by atoms with Gasteiger partial charge in [0.05, 0.1) is 11.8 Å². The highest BCUT2D eigenvalue weighted by molar-refractivity contribution is 5.14. The summed E-state index contributed by atoms with van der Waals surface area (Å²) in [4.78, 5) is 3.98. The van der Waals surface area contributed by atoms with Crippen LogP contribution in [-0.2, 0) is 0 Å². The average molecular weight is 182 g/mol. The minimum Gasteiger partial charge on any atom is -0.389 e. The van der Waals surface area contributed by atoms with Gasteiger partial charge in [-0.05, 0) is 18.6 Å². The summed E-state index contributed by atoms with van der Waals surface area (Å²) in [5.41, 5.74) is 6.66. The molecular formula is C9H14N2O2. The number of nitrogens with zero attached hydrogens (tertiary/aromatic N) is 1. The van der Waals surface area contributed by atoms with E-state index in [1.807, 2.05) is 13.0 Å².